The molecule has 1 unspecified atom stereocenters. The minimum atomic E-state index is -0.000845. The molecule has 0 spiro atoms. The van der Waals surface area contributed by atoms with Gasteiger partial charge in [0.05, 0.1) is 37.1 Å². The summed E-state index contributed by atoms with van der Waals surface area (Å²) in [4.78, 5) is 2.13. The molecule has 0 fully saturated rings. The smallest absolute Gasteiger partial charge is 0.0837 e. The van der Waals surface area contributed by atoms with Crippen molar-refractivity contribution in [3.8, 4) is 0 Å². The molecule has 0 aliphatic carbocycles. The van der Waals surface area contributed by atoms with Gasteiger partial charge in [0.1, 0.15) is 0 Å². The first-order chi connectivity index (χ1) is 9.93. The number of hydrogen-bond donors (Lipinski definition) is 1. The molecule has 0 saturated carbocycles. The molecule has 2 aromatic heterocycles. The molecule has 116 valence electrons. The van der Waals surface area contributed by atoms with E-state index in [1.807, 2.05) is 25.8 Å². The van der Waals surface area contributed by atoms with Gasteiger partial charge in [-0.3, -0.25) is 4.68 Å². The fourth-order valence-electron chi connectivity index (χ4n) is 2.12. The van der Waals surface area contributed by atoms with Crippen molar-refractivity contribution in [1.82, 2.24) is 20.0 Å². The molecule has 0 aromatic carbocycles. The molecule has 0 amide bonds. The normalized spacial score (nSPS) is 13.1. The van der Waals surface area contributed by atoms with Crippen LogP contribution in [0.5, 0.6) is 0 Å². The van der Waals surface area contributed by atoms with Crippen LogP contribution in [0.2, 0.25) is 5.02 Å². The second-order valence-corrected chi connectivity index (χ2v) is 9.06. The van der Waals surface area contributed by atoms with E-state index in [4.69, 9.17) is 11.6 Å². The lowest BCUT2D eigenvalue weighted by atomic mass is 10.1. The molecule has 2 aromatic rings. The average Bonchev–Trinajstić information content (AvgIpc) is 2.93. The number of aromatic nitrogens is 2. The number of nitrogens with one attached hydrogen (secondary N) is 1. The Morgan fingerprint density at radius 1 is 1.48 bits per heavy atom. The van der Waals surface area contributed by atoms with Gasteiger partial charge in [-0.2, -0.15) is 5.10 Å². The summed E-state index contributed by atoms with van der Waals surface area (Å²) in [5.74, 6) is 0. The molecular weight excluding hydrogens is 439 g/mol. The largest absolute Gasteiger partial charge is 0.308 e. The third-order valence-corrected chi connectivity index (χ3v) is 5.83. The predicted octanol–water partition coefficient (Wildman–Crippen LogP) is 3.99. The fourth-order valence-corrected chi connectivity index (χ4v) is 5.27. The van der Waals surface area contributed by atoms with Crippen molar-refractivity contribution in [2.24, 2.45) is 0 Å². The first-order valence-corrected chi connectivity index (χ1v) is 9.20. The van der Waals surface area contributed by atoms with Gasteiger partial charge in [0, 0.05) is 12.1 Å². The first-order valence-electron chi connectivity index (χ1n) is 6.42. The van der Waals surface area contributed by atoms with E-state index in [9.17, 15) is 0 Å². The Morgan fingerprint density at radius 2 is 2.19 bits per heavy atom. The molecule has 2 rings (SSSR count). The maximum absolute atomic E-state index is 6.38. The highest BCUT2D eigenvalue weighted by atomic mass is 79.9. The van der Waals surface area contributed by atoms with Crippen molar-refractivity contribution in [3.05, 3.63) is 36.1 Å². The molecule has 0 radical (unpaired) electrons. The minimum absolute atomic E-state index is 0.000845. The van der Waals surface area contributed by atoms with Crippen LogP contribution in [0.1, 0.15) is 17.3 Å². The molecule has 1 atom stereocenters. The van der Waals surface area contributed by atoms with Crippen LogP contribution in [0.3, 0.4) is 0 Å². The Hall–Kier alpha value is 0.0800. The Balaban J connectivity index is 2.38. The van der Waals surface area contributed by atoms with E-state index in [1.54, 1.807) is 17.5 Å². The van der Waals surface area contributed by atoms with Gasteiger partial charge in [-0.1, -0.05) is 11.6 Å². The number of halogens is 3. The van der Waals surface area contributed by atoms with Crippen molar-refractivity contribution in [1.29, 1.82) is 0 Å². The maximum Gasteiger partial charge on any atom is 0.0837 e. The summed E-state index contributed by atoms with van der Waals surface area (Å²) in [6.45, 7) is 1.71. The van der Waals surface area contributed by atoms with Crippen molar-refractivity contribution < 1.29 is 0 Å². The summed E-state index contributed by atoms with van der Waals surface area (Å²) in [6, 6.07) is 2.11. The van der Waals surface area contributed by atoms with E-state index in [1.165, 1.54) is 0 Å². The van der Waals surface area contributed by atoms with Crippen molar-refractivity contribution in [2.45, 2.75) is 12.6 Å². The summed E-state index contributed by atoms with van der Waals surface area (Å²) in [7, 11) is 6.03. The monoisotopic (exact) mass is 454 g/mol. The molecule has 21 heavy (non-hydrogen) atoms. The highest BCUT2D eigenvalue weighted by molar-refractivity contribution is 9.12. The lowest BCUT2D eigenvalue weighted by Crippen LogP contribution is -2.25. The number of rotatable bonds is 6. The third-order valence-electron chi connectivity index (χ3n) is 3.15. The average molecular weight is 457 g/mol. The zero-order valence-electron chi connectivity index (χ0n) is 12.0. The van der Waals surface area contributed by atoms with Crippen LogP contribution >= 0.6 is 54.8 Å². The minimum Gasteiger partial charge on any atom is -0.308 e. The zero-order valence-corrected chi connectivity index (χ0v) is 16.8. The molecular formula is C13H17Br2ClN4S. The highest BCUT2D eigenvalue weighted by Gasteiger charge is 2.24. The van der Waals surface area contributed by atoms with Crippen LogP contribution in [0.15, 0.2) is 19.8 Å². The molecule has 0 aliphatic rings. The van der Waals surface area contributed by atoms with Crippen LogP contribution in [-0.4, -0.2) is 42.4 Å². The van der Waals surface area contributed by atoms with Crippen LogP contribution in [0.25, 0.3) is 0 Å². The van der Waals surface area contributed by atoms with Gasteiger partial charge >= 0.3 is 0 Å². The molecule has 8 heteroatoms. The van der Waals surface area contributed by atoms with Gasteiger partial charge < -0.3 is 10.2 Å². The van der Waals surface area contributed by atoms with E-state index in [0.29, 0.717) is 5.02 Å². The van der Waals surface area contributed by atoms with E-state index in [0.717, 1.165) is 31.9 Å². The Kier molecular flexibility index (Phi) is 6.28. The molecule has 4 nitrogen and oxygen atoms in total. The maximum atomic E-state index is 6.38. The number of likely N-dealkylation sites (N-methyl/N-ethyl adjacent to an activating group) is 1. The molecule has 1 N–H and O–H groups in total. The molecule has 0 saturated heterocycles. The Labute approximate surface area is 150 Å². The Bertz CT molecular complexity index is 611. The molecule has 2 heterocycles. The van der Waals surface area contributed by atoms with Crippen LogP contribution in [0, 0.1) is 0 Å². The summed E-state index contributed by atoms with van der Waals surface area (Å²) < 4.78 is 4.15. The summed E-state index contributed by atoms with van der Waals surface area (Å²) in [6.07, 6.45) is 1.71. The van der Waals surface area contributed by atoms with Crippen molar-refractivity contribution in [2.75, 3.05) is 27.7 Å². The van der Waals surface area contributed by atoms with Crippen LogP contribution in [-0.2, 0) is 6.54 Å². The molecule has 0 aliphatic heterocycles. The van der Waals surface area contributed by atoms with Gasteiger partial charge in [0.25, 0.3) is 0 Å². The zero-order chi connectivity index (χ0) is 15.6. The van der Waals surface area contributed by atoms with Crippen molar-refractivity contribution in [3.63, 3.8) is 0 Å². The SMILES string of the molecule is CNC(c1cc(Br)sc1Br)c1c(Cl)cnn1CCN(C)C. The van der Waals surface area contributed by atoms with Gasteiger partial charge in [-0.05, 0) is 59.1 Å². The van der Waals surface area contributed by atoms with Gasteiger partial charge in [-0.15, -0.1) is 11.3 Å². The summed E-state index contributed by atoms with van der Waals surface area (Å²) in [5.41, 5.74) is 2.15. The summed E-state index contributed by atoms with van der Waals surface area (Å²) in [5, 5.41) is 8.44. The fraction of sp³-hybridized carbons (Fsp3) is 0.462. The summed E-state index contributed by atoms with van der Waals surface area (Å²) >= 11 is 15.2. The number of hydrogen-bond acceptors (Lipinski definition) is 4. The lowest BCUT2D eigenvalue weighted by molar-refractivity contribution is 0.366. The van der Waals surface area contributed by atoms with Crippen LogP contribution < -0.4 is 5.32 Å². The second kappa shape index (κ2) is 7.57. The van der Waals surface area contributed by atoms with Gasteiger partial charge in [-0.25, -0.2) is 0 Å². The van der Waals surface area contributed by atoms with E-state index < -0.39 is 0 Å². The number of nitrogens with zero attached hydrogens (tertiary/aromatic N) is 3. The van der Waals surface area contributed by atoms with E-state index in [2.05, 4.69) is 53.2 Å². The second-order valence-electron chi connectivity index (χ2n) is 4.91. The van der Waals surface area contributed by atoms with E-state index >= 15 is 0 Å². The first kappa shape index (κ1) is 17.4. The van der Waals surface area contributed by atoms with Gasteiger partial charge in [0.2, 0.25) is 0 Å². The third kappa shape index (κ3) is 4.09. The van der Waals surface area contributed by atoms with Crippen LogP contribution in [0.4, 0.5) is 0 Å². The van der Waals surface area contributed by atoms with E-state index in [-0.39, 0.29) is 6.04 Å². The molecule has 0 bridgehead atoms. The standard InChI is InChI=1S/C13H17Br2ClN4S/c1-17-11(8-6-10(14)21-13(8)15)12-9(16)7-18-20(12)5-4-19(2)3/h6-7,11,17H,4-5H2,1-3H3. The van der Waals surface area contributed by atoms with Crippen molar-refractivity contribution >= 4 is 54.8 Å². The van der Waals surface area contributed by atoms with Gasteiger partial charge in [0.15, 0.2) is 0 Å². The predicted molar refractivity (Wildman–Crippen MR) is 96.4 cm³/mol. The highest BCUT2D eigenvalue weighted by Crippen LogP contribution is 2.39. The topological polar surface area (TPSA) is 33.1 Å². The Morgan fingerprint density at radius 3 is 2.71 bits per heavy atom. The lowest BCUT2D eigenvalue weighted by Gasteiger charge is -2.19. The quantitative estimate of drug-likeness (QED) is 0.714. The number of thiophene rings is 1.